The van der Waals surface area contributed by atoms with Gasteiger partial charge in [-0.3, -0.25) is 23.9 Å². The molecule has 1 unspecified atom stereocenters. The van der Waals surface area contributed by atoms with E-state index in [1.807, 2.05) is 0 Å². The molecular formula is C20H23N5O4. The van der Waals surface area contributed by atoms with E-state index >= 15 is 0 Å². The molecular weight excluding hydrogens is 374 g/mol. The smallest absolute Gasteiger partial charge is 0.328 e. The number of carbonyl (C=O) groups excluding carboxylic acids is 1. The number of aromatic amines is 2. The lowest BCUT2D eigenvalue weighted by atomic mass is 9.77. The highest BCUT2D eigenvalue weighted by atomic mass is 16.2. The largest absolute Gasteiger partial charge is 0.340 e. The van der Waals surface area contributed by atoms with Crippen molar-refractivity contribution in [3.63, 3.8) is 0 Å². The third kappa shape index (κ3) is 3.14. The maximum Gasteiger partial charge on any atom is 0.328 e. The topological polar surface area (TPSA) is 121 Å². The Bertz CT molecular complexity index is 1160. The molecule has 152 valence electrons. The van der Waals surface area contributed by atoms with Crippen LogP contribution < -0.4 is 16.8 Å². The van der Waals surface area contributed by atoms with Gasteiger partial charge < -0.3 is 9.88 Å². The second-order valence-corrected chi connectivity index (χ2v) is 8.49. The summed E-state index contributed by atoms with van der Waals surface area (Å²) in [6.07, 6.45) is 6.70. The minimum atomic E-state index is -0.592. The summed E-state index contributed by atoms with van der Waals surface area (Å²) in [5, 5.41) is 0. The van der Waals surface area contributed by atoms with Crippen molar-refractivity contribution in [2.24, 2.45) is 0 Å². The molecule has 2 aromatic heterocycles. The van der Waals surface area contributed by atoms with Gasteiger partial charge in [-0.05, 0) is 38.5 Å². The van der Waals surface area contributed by atoms with Crippen molar-refractivity contribution >= 4 is 5.91 Å². The van der Waals surface area contributed by atoms with Crippen molar-refractivity contribution < 1.29 is 4.79 Å². The number of rotatable bonds is 3. The number of fused-ring (bicyclic) bond motifs is 2. The molecule has 9 heteroatoms. The molecule has 1 aliphatic heterocycles. The van der Waals surface area contributed by atoms with Gasteiger partial charge in [-0.1, -0.05) is 0 Å². The van der Waals surface area contributed by atoms with Crippen LogP contribution in [0.4, 0.5) is 0 Å². The Morgan fingerprint density at radius 1 is 1.21 bits per heavy atom. The van der Waals surface area contributed by atoms with Crippen LogP contribution in [0.25, 0.3) is 0 Å². The van der Waals surface area contributed by atoms with Gasteiger partial charge >= 0.3 is 5.69 Å². The minimum absolute atomic E-state index is 0.0305. The molecule has 29 heavy (non-hydrogen) atoms. The van der Waals surface area contributed by atoms with Crippen molar-refractivity contribution in [3.8, 4) is 0 Å². The molecule has 1 amide bonds. The molecule has 2 aromatic rings. The predicted molar refractivity (Wildman–Crippen MR) is 104 cm³/mol. The van der Waals surface area contributed by atoms with Crippen LogP contribution in [0.15, 0.2) is 26.6 Å². The molecule has 1 atom stereocenters. The van der Waals surface area contributed by atoms with E-state index in [1.54, 1.807) is 4.90 Å². The van der Waals surface area contributed by atoms with Crippen LogP contribution in [0.1, 0.15) is 55.1 Å². The van der Waals surface area contributed by atoms with E-state index < -0.39 is 11.2 Å². The number of carbonyl (C=O) groups is 1. The number of nitrogens with zero attached hydrogens (tertiary/aromatic N) is 3. The lowest BCUT2D eigenvalue weighted by Crippen LogP contribution is -2.49. The summed E-state index contributed by atoms with van der Waals surface area (Å²) in [5.41, 5.74) is 0.253. The van der Waals surface area contributed by atoms with E-state index in [-0.39, 0.29) is 23.4 Å². The van der Waals surface area contributed by atoms with Crippen LogP contribution in [0.3, 0.4) is 0 Å². The molecule has 0 bridgehead atoms. The minimum Gasteiger partial charge on any atom is -0.340 e. The highest BCUT2D eigenvalue weighted by Gasteiger charge is 2.46. The zero-order chi connectivity index (χ0) is 20.2. The zero-order valence-electron chi connectivity index (χ0n) is 16.1. The van der Waals surface area contributed by atoms with Crippen LogP contribution in [-0.2, 0) is 23.2 Å². The third-order valence-corrected chi connectivity index (χ3v) is 6.49. The number of nitrogens with one attached hydrogen (secondary N) is 2. The summed E-state index contributed by atoms with van der Waals surface area (Å²) >= 11 is 0. The van der Waals surface area contributed by atoms with Gasteiger partial charge in [0.2, 0.25) is 5.91 Å². The standard InChI is InChI=1S/C20H23N5O4/c26-14-5-9-24(19(29)21-14)10-15(27)25-8-1-6-20(11-25)7-4-13-16(20)22-17(12-2-3-12)23-18(13)28/h5,9,12H,1-4,6-8,10-11H2,(H,21,26,29)(H,22,23,28). The fourth-order valence-electron chi connectivity index (χ4n) is 4.78. The lowest BCUT2D eigenvalue weighted by Gasteiger charge is -2.40. The molecule has 0 aromatic carbocycles. The fourth-order valence-corrected chi connectivity index (χ4v) is 4.78. The number of amides is 1. The molecule has 5 rings (SSSR count). The first kappa shape index (κ1) is 18.1. The normalized spacial score (nSPS) is 23.4. The molecule has 2 N–H and O–H groups in total. The number of hydrogen-bond acceptors (Lipinski definition) is 5. The predicted octanol–water partition coefficient (Wildman–Crippen LogP) is 0.00390. The molecule has 2 fully saturated rings. The van der Waals surface area contributed by atoms with Crippen LogP contribution >= 0.6 is 0 Å². The van der Waals surface area contributed by atoms with Gasteiger partial charge in [-0.25, -0.2) is 9.78 Å². The average Bonchev–Trinajstić information content (AvgIpc) is 3.49. The Labute approximate surface area is 165 Å². The second-order valence-electron chi connectivity index (χ2n) is 8.49. The Morgan fingerprint density at radius 3 is 2.79 bits per heavy atom. The monoisotopic (exact) mass is 397 g/mol. The number of likely N-dealkylation sites (tertiary alicyclic amines) is 1. The Kier molecular flexibility index (Phi) is 4.07. The molecule has 0 radical (unpaired) electrons. The maximum absolute atomic E-state index is 12.9. The number of H-pyrrole nitrogens is 2. The summed E-state index contributed by atoms with van der Waals surface area (Å²) in [4.78, 5) is 60.4. The number of piperidine rings is 1. The molecule has 9 nitrogen and oxygen atoms in total. The quantitative estimate of drug-likeness (QED) is 0.755. The summed E-state index contributed by atoms with van der Waals surface area (Å²) in [5.74, 6) is 0.983. The van der Waals surface area contributed by atoms with Gasteiger partial charge in [0, 0.05) is 42.2 Å². The fraction of sp³-hybridized carbons (Fsp3) is 0.550. The maximum atomic E-state index is 12.9. The van der Waals surface area contributed by atoms with Crippen molar-refractivity contribution in [1.29, 1.82) is 0 Å². The number of aromatic nitrogens is 4. The van der Waals surface area contributed by atoms with Gasteiger partial charge in [0.1, 0.15) is 12.4 Å². The van der Waals surface area contributed by atoms with Crippen molar-refractivity contribution in [2.45, 2.75) is 56.4 Å². The van der Waals surface area contributed by atoms with Crippen LogP contribution in [0.5, 0.6) is 0 Å². The Morgan fingerprint density at radius 2 is 2.03 bits per heavy atom. The Balaban J connectivity index is 1.42. The van der Waals surface area contributed by atoms with Gasteiger partial charge in [0.05, 0.1) is 5.69 Å². The Hall–Kier alpha value is -2.97. The van der Waals surface area contributed by atoms with Gasteiger partial charge in [0.15, 0.2) is 0 Å². The van der Waals surface area contributed by atoms with E-state index in [0.29, 0.717) is 25.4 Å². The van der Waals surface area contributed by atoms with Crippen LogP contribution in [0, 0.1) is 0 Å². The first-order valence-corrected chi connectivity index (χ1v) is 10.2. The highest BCUT2D eigenvalue weighted by molar-refractivity contribution is 5.76. The van der Waals surface area contributed by atoms with Crippen LogP contribution in [-0.4, -0.2) is 43.4 Å². The first-order valence-electron chi connectivity index (χ1n) is 10.2. The highest BCUT2D eigenvalue weighted by Crippen LogP contribution is 2.45. The second kappa shape index (κ2) is 6.53. The summed E-state index contributed by atoms with van der Waals surface area (Å²) in [6, 6.07) is 1.23. The lowest BCUT2D eigenvalue weighted by molar-refractivity contribution is -0.134. The molecule has 3 heterocycles. The van der Waals surface area contributed by atoms with Gasteiger partial charge in [0.25, 0.3) is 11.1 Å². The number of hydrogen-bond donors (Lipinski definition) is 2. The van der Waals surface area contributed by atoms with E-state index in [1.165, 1.54) is 16.8 Å². The third-order valence-electron chi connectivity index (χ3n) is 6.49. The van der Waals surface area contributed by atoms with Gasteiger partial charge in [-0.15, -0.1) is 0 Å². The van der Waals surface area contributed by atoms with Crippen molar-refractivity contribution in [2.75, 3.05) is 13.1 Å². The zero-order valence-corrected chi connectivity index (χ0v) is 16.1. The van der Waals surface area contributed by atoms with E-state index in [2.05, 4.69) is 9.97 Å². The molecule has 3 aliphatic rings. The average molecular weight is 397 g/mol. The van der Waals surface area contributed by atoms with E-state index in [9.17, 15) is 19.2 Å². The van der Waals surface area contributed by atoms with Gasteiger partial charge in [-0.2, -0.15) is 0 Å². The van der Waals surface area contributed by atoms with E-state index in [4.69, 9.17) is 4.98 Å². The molecule has 1 saturated carbocycles. The molecule has 1 saturated heterocycles. The van der Waals surface area contributed by atoms with Crippen molar-refractivity contribution in [3.05, 3.63) is 60.5 Å². The first-order chi connectivity index (χ1) is 13.9. The van der Waals surface area contributed by atoms with Crippen LogP contribution in [0.2, 0.25) is 0 Å². The summed E-state index contributed by atoms with van der Waals surface area (Å²) in [6.45, 7) is 1.01. The molecule has 2 aliphatic carbocycles. The molecule has 1 spiro atoms. The summed E-state index contributed by atoms with van der Waals surface area (Å²) in [7, 11) is 0. The summed E-state index contributed by atoms with van der Waals surface area (Å²) < 4.78 is 1.21. The van der Waals surface area contributed by atoms with Crippen molar-refractivity contribution in [1.82, 2.24) is 24.4 Å². The van der Waals surface area contributed by atoms with E-state index in [0.717, 1.165) is 49.2 Å². The SMILES string of the molecule is O=C(Cn1ccc(=O)[nH]c1=O)N1CCCC2(CCc3c2nc(C2CC2)[nH]c3=O)C1.